The van der Waals surface area contributed by atoms with E-state index in [2.05, 4.69) is 12.2 Å². The van der Waals surface area contributed by atoms with Gasteiger partial charge in [0.2, 0.25) is 5.91 Å². The smallest absolute Gasteiger partial charge is 0.246 e. The van der Waals surface area contributed by atoms with E-state index in [0.717, 1.165) is 12.8 Å². The number of hydrogen-bond donors (Lipinski definition) is 2. The van der Waals surface area contributed by atoms with E-state index in [9.17, 15) is 4.79 Å². The highest BCUT2D eigenvalue weighted by molar-refractivity contribution is 5.77. The van der Waals surface area contributed by atoms with Crippen LogP contribution in [-0.2, 0) is 9.53 Å². The molecule has 3 unspecified atom stereocenters. The molecule has 4 heteroatoms. The number of carbonyl (C=O) groups excluding carboxylic acids is 1. The summed E-state index contributed by atoms with van der Waals surface area (Å²) in [5.41, 5.74) is 0. The van der Waals surface area contributed by atoms with Crippen molar-refractivity contribution >= 4 is 5.91 Å². The molecule has 0 heterocycles. The highest BCUT2D eigenvalue weighted by Crippen LogP contribution is 2.25. The maximum atomic E-state index is 11.4. The average molecular weight is 229 g/mol. The fraction of sp³-hybridized carbons (Fsp3) is 0.917. The van der Waals surface area contributed by atoms with Crippen molar-refractivity contribution in [3.05, 3.63) is 0 Å². The Bertz CT molecular complexity index is 220. The van der Waals surface area contributed by atoms with E-state index < -0.39 is 0 Å². The molecule has 1 aliphatic rings. The topological polar surface area (TPSA) is 58.6 Å². The van der Waals surface area contributed by atoms with Crippen LogP contribution in [0.2, 0.25) is 0 Å². The SMILES string of the molecule is CC1CCCC(OCC(=O)NC(C)CO)C1. The summed E-state index contributed by atoms with van der Waals surface area (Å²) in [4.78, 5) is 11.4. The Kier molecular flexibility index (Phi) is 5.77. The molecule has 1 saturated carbocycles. The van der Waals surface area contributed by atoms with Crippen LogP contribution in [0.25, 0.3) is 0 Å². The molecule has 0 aromatic carbocycles. The Morgan fingerprint density at radius 3 is 2.94 bits per heavy atom. The fourth-order valence-corrected chi connectivity index (χ4v) is 2.09. The lowest BCUT2D eigenvalue weighted by Gasteiger charge is -2.26. The Morgan fingerprint density at radius 2 is 2.31 bits per heavy atom. The van der Waals surface area contributed by atoms with Crippen LogP contribution in [0.3, 0.4) is 0 Å². The lowest BCUT2D eigenvalue weighted by molar-refractivity contribution is -0.129. The molecule has 0 spiro atoms. The monoisotopic (exact) mass is 229 g/mol. The molecule has 1 rings (SSSR count). The van der Waals surface area contributed by atoms with E-state index >= 15 is 0 Å². The van der Waals surface area contributed by atoms with E-state index in [0.29, 0.717) is 5.92 Å². The summed E-state index contributed by atoms with van der Waals surface area (Å²) in [6, 6.07) is -0.193. The number of aliphatic hydroxyl groups excluding tert-OH is 1. The van der Waals surface area contributed by atoms with E-state index in [1.165, 1.54) is 12.8 Å². The molecule has 94 valence electrons. The summed E-state index contributed by atoms with van der Waals surface area (Å²) in [7, 11) is 0. The third-order valence-corrected chi connectivity index (χ3v) is 3.02. The van der Waals surface area contributed by atoms with Gasteiger partial charge in [-0.1, -0.05) is 19.8 Å². The molecule has 0 bridgehead atoms. The molecule has 0 aromatic rings. The quantitative estimate of drug-likeness (QED) is 0.741. The predicted molar refractivity (Wildman–Crippen MR) is 62.1 cm³/mol. The lowest BCUT2D eigenvalue weighted by atomic mass is 9.89. The number of aliphatic hydroxyl groups is 1. The van der Waals surface area contributed by atoms with Gasteiger partial charge in [0.1, 0.15) is 6.61 Å². The van der Waals surface area contributed by atoms with Gasteiger partial charge in [-0.15, -0.1) is 0 Å². The molecule has 0 saturated heterocycles. The summed E-state index contributed by atoms with van der Waals surface area (Å²) in [6.45, 7) is 4.07. The zero-order chi connectivity index (χ0) is 12.0. The van der Waals surface area contributed by atoms with Crippen molar-refractivity contribution in [2.75, 3.05) is 13.2 Å². The van der Waals surface area contributed by atoms with Crippen molar-refractivity contribution in [3.63, 3.8) is 0 Å². The van der Waals surface area contributed by atoms with Crippen molar-refractivity contribution in [3.8, 4) is 0 Å². The van der Waals surface area contributed by atoms with Crippen molar-refractivity contribution in [1.82, 2.24) is 5.32 Å². The maximum Gasteiger partial charge on any atom is 0.246 e. The minimum absolute atomic E-state index is 0.0355. The summed E-state index contributed by atoms with van der Waals surface area (Å²) in [6.07, 6.45) is 4.82. The van der Waals surface area contributed by atoms with Crippen LogP contribution in [0.5, 0.6) is 0 Å². The Labute approximate surface area is 97.4 Å². The van der Waals surface area contributed by atoms with Gasteiger partial charge < -0.3 is 15.2 Å². The van der Waals surface area contributed by atoms with E-state index in [-0.39, 0.29) is 31.3 Å². The molecule has 1 aliphatic carbocycles. The van der Waals surface area contributed by atoms with Crippen LogP contribution in [0.15, 0.2) is 0 Å². The van der Waals surface area contributed by atoms with Crippen LogP contribution in [0.4, 0.5) is 0 Å². The zero-order valence-electron chi connectivity index (χ0n) is 10.2. The number of carbonyl (C=O) groups is 1. The number of amides is 1. The van der Waals surface area contributed by atoms with E-state index in [4.69, 9.17) is 9.84 Å². The Hall–Kier alpha value is -0.610. The van der Waals surface area contributed by atoms with Crippen LogP contribution in [0, 0.1) is 5.92 Å². The molecular weight excluding hydrogens is 206 g/mol. The number of ether oxygens (including phenoxy) is 1. The van der Waals surface area contributed by atoms with Gasteiger partial charge in [-0.2, -0.15) is 0 Å². The summed E-state index contributed by atoms with van der Waals surface area (Å²) in [5.74, 6) is 0.568. The van der Waals surface area contributed by atoms with Crippen molar-refractivity contribution in [1.29, 1.82) is 0 Å². The van der Waals surface area contributed by atoms with Gasteiger partial charge in [-0.25, -0.2) is 0 Å². The van der Waals surface area contributed by atoms with Gasteiger partial charge in [0, 0.05) is 6.04 Å². The third-order valence-electron chi connectivity index (χ3n) is 3.02. The number of nitrogens with one attached hydrogen (secondary N) is 1. The molecule has 3 atom stereocenters. The standard InChI is InChI=1S/C12H23NO3/c1-9-4-3-5-11(6-9)16-8-12(15)13-10(2)7-14/h9-11,14H,3-8H2,1-2H3,(H,13,15). The van der Waals surface area contributed by atoms with Gasteiger partial charge in [0.15, 0.2) is 0 Å². The summed E-state index contributed by atoms with van der Waals surface area (Å²) < 4.78 is 5.57. The lowest BCUT2D eigenvalue weighted by Crippen LogP contribution is -2.38. The van der Waals surface area contributed by atoms with Crippen molar-refractivity contribution in [2.45, 2.75) is 51.7 Å². The van der Waals surface area contributed by atoms with Crippen molar-refractivity contribution < 1.29 is 14.6 Å². The second-order valence-electron chi connectivity index (χ2n) is 4.86. The van der Waals surface area contributed by atoms with Crippen LogP contribution < -0.4 is 5.32 Å². The molecule has 0 aromatic heterocycles. The fourth-order valence-electron chi connectivity index (χ4n) is 2.09. The van der Waals surface area contributed by atoms with Crippen LogP contribution in [0.1, 0.15) is 39.5 Å². The van der Waals surface area contributed by atoms with Crippen LogP contribution >= 0.6 is 0 Å². The second-order valence-corrected chi connectivity index (χ2v) is 4.86. The molecule has 4 nitrogen and oxygen atoms in total. The average Bonchev–Trinajstić information content (AvgIpc) is 2.26. The molecular formula is C12H23NO3. The largest absolute Gasteiger partial charge is 0.394 e. The summed E-state index contributed by atoms with van der Waals surface area (Å²) in [5, 5.41) is 11.4. The second kappa shape index (κ2) is 6.86. The molecule has 0 aliphatic heterocycles. The number of rotatable bonds is 5. The van der Waals surface area contributed by atoms with Gasteiger partial charge in [0.25, 0.3) is 0 Å². The highest BCUT2D eigenvalue weighted by atomic mass is 16.5. The number of hydrogen-bond acceptors (Lipinski definition) is 3. The molecule has 1 amide bonds. The summed E-state index contributed by atoms with van der Waals surface area (Å²) >= 11 is 0. The van der Waals surface area contributed by atoms with E-state index in [1.807, 2.05) is 0 Å². The van der Waals surface area contributed by atoms with Gasteiger partial charge >= 0.3 is 0 Å². The van der Waals surface area contributed by atoms with Gasteiger partial charge in [-0.05, 0) is 25.7 Å². The first kappa shape index (κ1) is 13.5. The minimum atomic E-state index is -0.193. The molecule has 1 fully saturated rings. The molecule has 16 heavy (non-hydrogen) atoms. The molecule has 0 radical (unpaired) electrons. The first-order valence-electron chi connectivity index (χ1n) is 6.13. The highest BCUT2D eigenvalue weighted by Gasteiger charge is 2.20. The zero-order valence-corrected chi connectivity index (χ0v) is 10.2. The van der Waals surface area contributed by atoms with E-state index in [1.54, 1.807) is 6.92 Å². The Morgan fingerprint density at radius 1 is 1.56 bits per heavy atom. The Balaban J connectivity index is 2.15. The normalized spacial score (nSPS) is 27.4. The minimum Gasteiger partial charge on any atom is -0.394 e. The first-order chi connectivity index (χ1) is 7.61. The predicted octanol–water partition coefficient (Wildman–Crippen LogP) is 1.08. The van der Waals surface area contributed by atoms with Gasteiger partial charge in [-0.3, -0.25) is 4.79 Å². The van der Waals surface area contributed by atoms with Crippen molar-refractivity contribution in [2.24, 2.45) is 5.92 Å². The van der Waals surface area contributed by atoms with Gasteiger partial charge in [0.05, 0.1) is 12.7 Å². The van der Waals surface area contributed by atoms with Crippen LogP contribution in [-0.4, -0.2) is 36.4 Å². The first-order valence-corrected chi connectivity index (χ1v) is 6.13. The maximum absolute atomic E-state index is 11.4. The molecule has 2 N–H and O–H groups in total. The third kappa shape index (κ3) is 4.94.